The number of ether oxygens (including phenoxy) is 1. The van der Waals surface area contributed by atoms with Gasteiger partial charge in [0.15, 0.2) is 17.2 Å². The molecule has 0 fully saturated rings. The fourth-order valence-electron chi connectivity index (χ4n) is 3.51. The lowest BCUT2D eigenvalue weighted by atomic mass is 10.0. The van der Waals surface area contributed by atoms with E-state index in [0.29, 0.717) is 11.2 Å². The van der Waals surface area contributed by atoms with Gasteiger partial charge in [0.25, 0.3) is 0 Å². The van der Waals surface area contributed by atoms with Crippen molar-refractivity contribution in [2.45, 2.75) is 25.1 Å². The summed E-state index contributed by atoms with van der Waals surface area (Å²) in [6.07, 6.45) is -4.09. The zero-order chi connectivity index (χ0) is 24.5. The second-order valence-corrected chi connectivity index (χ2v) is 7.55. The highest BCUT2D eigenvalue weighted by molar-refractivity contribution is 5.70. The minimum absolute atomic E-state index is 0.00288. The summed E-state index contributed by atoms with van der Waals surface area (Å²) in [5.74, 6) is -2.56. The standard InChI is InChI=1S/C23H19F5N4O2/c24-15-5-3-13(4-6-15)18(33)2-1-11-34-21-17(23(26,27)28)8-7-16(20(21)25)14-9-10-32-19(12-14)30-22(29)31-32/h3-10,12,18,33H,1-2,11H2,(H2,29,31)/t18-/m1/s1. The molecular formula is C23H19F5N4O2. The van der Waals surface area contributed by atoms with Crippen LogP contribution in [0.4, 0.5) is 27.9 Å². The molecule has 2 heterocycles. The Labute approximate surface area is 190 Å². The zero-order valence-corrected chi connectivity index (χ0v) is 17.6. The molecule has 11 heteroatoms. The van der Waals surface area contributed by atoms with E-state index in [1.165, 1.54) is 47.1 Å². The molecule has 2 aromatic heterocycles. The molecule has 0 bridgehead atoms. The third-order valence-corrected chi connectivity index (χ3v) is 5.19. The molecule has 0 amide bonds. The average Bonchev–Trinajstić information content (AvgIpc) is 3.16. The van der Waals surface area contributed by atoms with Gasteiger partial charge >= 0.3 is 6.18 Å². The van der Waals surface area contributed by atoms with E-state index < -0.39 is 35.2 Å². The lowest BCUT2D eigenvalue weighted by Crippen LogP contribution is -2.12. The molecule has 3 N–H and O–H groups in total. The van der Waals surface area contributed by atoms with Crippen molar-refractivity contribution in [3.05, 3.63) is 77.5 Å². The van der Waals surface area contributed by atoms with E-state index in [-0.39, 0.29) is 36.5 Å². The number of halogens is 5. The Bertz CT molecular complexity index is 1310. The maximum Gasteiger partial charge on any atom is 0.420 e. The van der Waals surface area contributed by atoms with Crippen LogP contribution in [0.2, 0.25) is 0 Å². The summed E-state index contributed by atoms with van der Waals surface area (Å²) in [6.45, 7) is -0.276. The zero-order valence-electron chi connectivity index (χ0n) is 17.6. The highest BCUT2D eigenvalue weighted by Crippen LogP contribution is 2.41. The molecule has 34 heavy (non-hydrogen) atoms. The minimum atomic E-state index is -4.84. The van der Waals surface area contributed by atoms with E-state index in [1.54, 1.807) is 0 Å². The van der Waals surface area contributed by atoms with Gasteiger partial charge in [0.2, 0.25) is 5.95 Å². The highest BCUT2D eigenvalue weighted by atomic mass is 19.4. The Morgan fingerprint density at radius 3 is 2.50 bits per heavy atom. The molecule has 4 rings (SSSR count). The summed E-state index contributed by atoms with van der Waals surface area (Å²) in [4.78, 5) is 3.97. The number of pyridine rings is 1. The number of anilines is 1. The third kappa shape index (κ3) is 4.93. The van der Waals surface area contributed by atoms with Gasteiger partial charge in [-0.15, -0.1) is 5.10 Å². The van der Waals surface area contributed by atoms with Crippen molar-refractivity contribution in [1.82, 2.24) is 14.6 Å². The smallest absolute Gasteiger partial charge is 0.420 e. The summed E-state index contributed by atoms with van der Waals surface area (Å²) in [6, 6.07) is 9.89. The molecule has 0 unspecified atom stereocenters. The van der Waals surface area contributed by atoms with E-state index in [9.17, 15) is 22.7 Å². The van der Waals surface area contributed by atoms with E-state index in [2.05, 4.69) is 10.1 Å². The van der Waals surface area contributed by atoms with Gasteiger partial charge in [-0.1, -0.05) is 18.2 Å². The molecule has 0 aliphatic rings. The molecule has 0 radical (unpaired) electrons. The summed E-state index contributed by atoms with van der Waals surface area (Å²) >= 11 is 0. The van der Waals surface area contributed by atoms with Crippen LogP contribution in [0.1, 0.15) is 30.1 Å². The first-order chi connectivity index (χ1) is 16.1. The summed E-state index contributed by atoms with van der Waals surface area (Å²) < 4.78 is 75.4. The van der Waals surface area contributed by atoms with Crippen LogP contribution >= 0.6 is 0 Å². The van der Waals surface area contributed by atoms with Gasteiger partial charge in [-0.3, -0.25) is 0 Å². The quantitative estimate of drug-likeness (QED) is 0.283. The van der Waals surface area contributed by atoms with Gasteiger partial charge in [0.1, 0.15) is 11.4 Å². The Hall–Kier alpha value is -3.73. The molecular weight excluding hydrogens is 459 g/mol. The van der Waals surface area contributed by atoms with Gasteiger partial charge < -0.3 is 15.6 Å². The molecule has 0 aliphatic heterocycles. The third-order valence-electron chi connectivity index (χ3n) is 5.19. The second kappa shape index (κ2) is 9.26. The van der Waals surface area contributed by atoms with Gasteiger partial charge in [-0.2, -0.15) is 18.2 Å². The monoisotopic (exact) mass is 478 g/mol. The number of aliphatic hydroxyl groups is 1. The van der Waals surface area contributed by atoms with Crippen LogP contribution in [0.5, 0.6) is 5.75 Å². The number of rotatable bonds is 7. The van der Waals surface area contributed by atoms with Gasteiger partial charge in [0.05, 0.1) is 12.7 Å². The number of nitrogens with two attached hydrogens (primary N) is 1. The molecule has 4 aromatic rings. The molecule has 178 valence electrons. The molecule has 1 atom stereocenters. The van der Waals surface area contributed by atoms with Crippen molar-refractivity contribution in [3.63, 3.8) is 0 Å². The number of nitrogens with zero attached hydrogens (tertiary/aromatic N) is 3. The van der Waals surface area contributed by atoms with Crippen molar-refractivity contribution in [2.75, 3.05) is 12.3 Å². The average molecular weight is 478 g/mol. The van der Waals surface area contributed by atoms with Gasteiger partial charge in [-0.05, 0) is 54.3 Å². The summed E-state index contributed by atoms with van der Waals surface area (Å²) in [7, 11) is 0. The van der Waals surface area contributed by atoms with Crippen molar-refractivity contribution in [2.24, 2.45) is 0 Å². The lowest BCUT2D eigenvalue weighted by Gasteiger charge is -2.17. The number of nitrogen functional groups attached to an aromatic ring is 1. The first-order valence-electron chi connectivity index (χ1n) is 10.2. The van der Waals surface area contributed by atoms with Crippen molar-refractivity contribution >= 4 is 11.6 Å². The highest BCUT2D eigenvalue weighted by Gasteiger charge is 2.36. The fraction of sp³-hybridized carbons (Fsp3) is 0.217. The first-order valence-corrected chi connectivity index (χ1v) is 10.2. The molecule has 2 aromatic carbocycles. The molecule has 0 saturated heterocycles. The SMILES string of the molecule is Nc1nc2cc(-c3ccc(C(F)(F)F)c(OCCC[C@@H](O)c4ccc(F)cc4)c3F)ccn2n1. The Balaban J connectivity index is 1.55. The van der Waals surface area contributed by atoms with Crippen molar-refractivity contribution in [3.8, 4) is 16.9 Å². The maximum atomic E-state index is 15.3. The van der Waals surface area contributed by atoms with Crippen LogP contribution in [0, 0.1) is 11.6 Å². The number of benzene rings is 2. The number of aliphatic hydroxyl groups excluding tert-OH is 1. The van der Waals surface area contributed by atoms with E-state index in [1.807, 2.05) is 0 Å². The van der Waals surface area contributed by atoms with Gasteiger partial charge in [0, 0.05) is 11.8 Å². The van der Waals surface area contributed by atoms with Crippen LogP contribution in [0.25, 0.3) is 16.8 Å². The van der Waals surface area contributed by atoms with E-state index in [4.69, 9.17) is 10.5 Å². The molecule has 6 nitrogen and oxygen atoms in total. The normalized spacial score (nSPS) is 12.8. The molecule has 0 spiro atoms. The number of fused-ring (bicyclic) bond motifs is 1. The Morgan fingerprint density at radius 2 is 1.79 bits per heavy atom. The van der Waals surface area contributed by atoms with Crippen LogP contribution in [-0.2, 0) is 6.18 Å². The molecule has 0 saturated carbocycles. The number of hydrogen-bond donors (Lipinski definition) is 2. The number of alkyl halides is 3. The van der Waals surface area contributed by atoms with Crippen molar-refractivity contribution < 1.29 is 31.8 Å². The lowest BCUT2D eigenvalue weighted by molar-refractivity contribution is -0.139. The fourth-order valence-corrected chi connectivity index (χ4v) is 3.51. The van der Waals surface area contributed by atoms with Crippen LogP contribution in [0.3, 0.4) is 0 Å². The first kappa shape index (κ1) is 23.4. The van der Waals surface area contributed by atoms with E-state index in [0.717, 1.165) is 12.1 Å². The second-order valence-electron chi connectivity index (χ2n) is 7.55. The predicted molar refractivity (Wildman–Crippen MR) is 114 cm³/mol. The maximum absolute atomic E-state index is 15.3. The number of hydrogen-bond acceptors (Lipinski definition) is 5. The molecule has 0 aliphatic carbocycles. The van der Waals surface area contributed by atoms with Crippen molar-refractivity contribution in [1.29, 1.82) is 0 Å². The van der Waals surface area contributed by atoms with E-state index >= 15 is 4.39 Å². The predicted octanol–water partition coefficient (Wildman–Crippen LogP) is 5.17. The van der Waals surface area contributed by atoms with Crippen LogP contribution in [-0.4, -0.2) is 26.3 Å². The van der Waals surface area contributed by atoms with Crippen LogP contribution in [0.15, 0.2) is 54.7 Å². The van der Waals surface area contributed by atoms with Crippen LogP contribution < -0.4 is 10.5 Å². The number of aromatic nitrogens is 3. The Morgan fingerprint density at radius 1 is 1.06 bits per heavy atom. The minimum Gasteiger partial charge on any atom is -0.490 e. The summed E-state index contributed by atoms with van der Waals surface area (Å²) in [5.41, 5.74) is 5.19. The largest absolute Gasteiger partial charge is 0.490 e. The van der Waals surface area contributed by atoms with Gasteiger partial charge in [-0.25, -0.2) is 13.3 Å². The summed E-state index contributed by atoms with van der Waals surface area (Å²) in [5, 5.41) is 14.1. The Kier molecular flexibility index (Phi) is 6.38. The topological polar surface area (TPSA) is 85.7 Å².